The Kier molecular flexibility index (Phi) is 6.79. The smallest absolute Gasteiger partial charge is 0.270 e. The zero-order valence-electron chi connectivity index (χ0n) is 18.7. The highest BCUT2D eigenvalue weighted by atomic mass is 79.9. The summed E-state index contributed by atoms with van der Waals surface area (Å²) in [4.78, 5) is 40.0. The molecule has 0 radical (unpaired) electrons. The van der Waals surface area contributed by atoms with Crippen molar-refractivity contribution in [3.8, 4) is 22.6 Å². The molecule has 1 aromatic heterocycles. The van der Waals surface area contributed by atoms with Gasteiger partial charge in [-0.15, -0.1) is 0 Å². The summed E-state index contributed by atoms with van der Waals surface area (Å²) in [5.74, 6) is 0.425. The summed E-state index contributed by atoms with van der Waals surface area (Å²) in [7, 11) is 3.02. The van der Waals surface area contributed by atoms with Gasteiger partial charge in [-0.05, 0) is 51.3 Å². The number of ketones is 1. The molecule has 0 spiro atoms. The Bertz CT molecular complexity index is 1540. The van der Waals surface area contributed by atoms with Crippen LogP contribution < -0.4 is 15.0 Å². The fourth-order valence-electron chi connectivity index (χ4n) is 3.82. The zero-order chi connectivity index (χ0) is 25.1. The molecule has 0 bridgehead atoms. The number of benzene rings is 3. The van der Waals surface area contributed by atoms with E-state index in [-0.39, 0.29) is 11.3 Å². The highest BCUT2D eigenvalue weighted by Gasteiger charge is 2.21. The number of H-pyrrole nitrogens is 1. The van der Waals surface area contributed by atoms with Gasteiger partial charge < -0.3 is 14.5 Å². The second-order valence-electron chi connectivity index (χ2n) is 7.49. The Balaban J connectivity index is 1.89. The minimum Gasteiger partial charge on any atom is -0.493 e. The SMILES string of the molecule is COc1cc(/C=C/C(=O)c2c(-c3ccccc3)c3cc([N+](=O)[O-])ccc3[nH]c2=O)cc(Br)c1OC. The molecule has 0 saturated carbocycles. The van der Waals surface area contributed by atoms with Crippen molar-refractivity contribution in [2.45, 2.75) is 0 Å². The molecule has 0 aliphatic heterocycles. The first kappa shape index (κ1) is 23.9. The molecule has 0 aliphatic rings. The summed E-state index contributed by atoms with van der Waals surface area (Å²) in [5.41, 5.74) is 1.10. The number of nitro benzene ring substituents is 1. The molecule has 0 atom stereocenters. The number of carbonyl (C=O) groups excluding carboxylic acids is 1. The van der Waals surface area contributed by atoms with Crippen molar-refractivity contribution in [3.05, 3.63) is 103 Å². The lowest BCUT2D eigenvalue weighted by Crippen LogP contribution is -2.18. The number of methoxy groups -OCH3 is 2. The van der Waals surface area contributed by atoms with Crippen molar-refractivity contribution in [2.75, 3.05) is 14.2 Å². The van der Waals surface area contributed by atoms with E-state index in [1.54, 1.807) is 48.5 Å². The normalized spacial score (nSPS) is 11.1. The Labute approximate surface area is 208 Å². The van der Waals surface area contributed by atoms with Crippen LogP contribution in [0.5, 0.6) is 11.5 Å². The van der Waals surface area contributed by atoms with Crippen molar-refractivity contribution in [1.29, 1.82) is 0 Å². The maximum atomic E-state index is 13.3. The van der Waals surface area contributed by atoms with Gasteiger partial charge in [0.15, 0.2) is 17.3 Å². The first-order valence-corrected chi connectivity index (χ1v) is 11.2. The van der Waals surface area contributed by atoms with E-state index in [0.29, 0.717) is 43.6 Å². The Morgan fingerprint density at radius 1 is 1.06 bits per heavy atom. The van der Waals surface area contributed by atoms with Gasteiger partial charge in [0.2, 0.25) is 0 Å². The minimum absolute atomic E-state index is 0.111. The number of non-ortho nitro benzene ring substituents is 1. The third-order valence-electron chi connectivity index (χ3n) is 5.40. The van der Waals surface area contributed by atoms with Gasteiger partial charge in [0, 0.05) is 28.6 Å². The third kappa shape index (κ3) is 4.71. The number of carbonyl (C=O) groups is 1. The maximum absolute atomic E-state index is 13.3. The topological polar surface area (TPSA) is 112 Å². The molecular formula is C26H19BrN2O6. The van der Waals surface area contributed by atoms with Crippen LogP contribution >= 0.6 is 15.9 Å². The first-order valence-electron chi connectivity index (χ1n) is 10.4. The summed E-state index contributed by atoms with van der Waals surface area (Å²) in [6, 6.07) is 16.4. The molecule has 1 heterocycles. The quantitative estimate of drug-likeness (QED) is 0.139. The van der Waals surface area contributed by atoms with Crippen LogP contribution in [0.3, 0.4) is 0 Å². The predicted molar refractivity (Wildman–Crippen MR) is 137 cm³/mol. The molecule has 0 unspecified atom stereocenters. The van der Waals surface area contributed by atoms with Crippen LogP contribution in [0.1, 0.15) is 15.9 Å². The van der Waals surface area contributed by atoms with E-state index in [1.165, 1.54) is 38.5 Å². The predicted octanol–water partition coefficient (Wildman–Crippen LogP) is 5.78. The largest absolute Gasteiger partial charge is 0.493 e. The van der Waals surface area contributed by atoms with E-state index in [1.807, 2.05) is 0 Å². The second kappa shape index (κ2) is 9.94. The molecule has 9 heteroatoms. The number of allylic oxidation sites excluding steroid dienone is 1. The van der Waals surface area contributed by atoms with E-state index in [4.69, 9.17) is 9.47 Å². The number of aromatic amines is 1. The van der Waals surface area contributed by atoms with Gasteiger partial charge in [-0.3, -0.25) is 19.7 Å². The number of nitro groups is 1. The maximum Gasteiger partial charge on any atom is 0.270 e. The average molecular weight is 535 g/mol. The summed E-state index contributed by atoms with van der Waals surface area (Å²) >= 11 is 3.42. The van der Waals surface area contributed by atoms with E-state index >= 15 is 0 Å². The van der Waals surface area contributed by atoms with Crippen LogP contribution in [-0.4, -0.2) is 29.9 Å². The second-order valence-corrected chi connectivity index (χ2v) is 8.35. The van der Waals surface area contributed by atoms with Gasteiger partial charge in [-0.2, -0.15) is 0 Å². The number of nitrogens with one attached hydrogen (secondary N) is 1. The van der Waals surface area contributed by atoms with Gasteiger partial charge in [-0.1, -0.05) is 36.4 Å². The molecule has 35 heavy (non-hydrogen) atoms. The van der Waals surface area contributed by atoms with E-state index in [2.05, 4.69) is 20.9 Å². The molecule has 0 amide bonds. The number of halogens is 1. The van der Waals surface area contributed by atoms with E-state index in [9.17, 15) is 19.7 Å². The lowest BCUT2D eigenvalue weighted by Gasteiger charge is -2.12. The number of hydrogen-bond acceptors (Lipinski definition) is 6. The number of nitrogens with zero attached hydrogens (tertiary/aromatic N) is 1. The van der Waals surface area contributed by atoms with Crippen molar-refractivity contribution in [3.63, 3.8) is 0 Å². The van der Waals surface area contributed by atoms with Gasteiger partial charge in [0.05, 0.1) is 29.2 Å². The van der Waals surface area contributed by atoms with Gasteiger partial charge >= 0.3 is 0 Å². The molecule has 0 fully saturated rings. The Hall–Kier alpha value is -4.24. The monoisotopic (exact) mass is 534 g/mol. The van der Waals surface area contributed by atoms with E-state index in [0.717, 1.165) is 0 Å². The summed E-state index contributed by atoms with van der Waals surface area (Å²) in [6.45, 7) is 0. The molecule has 0 aliphatic carbocycles. The molecule has 0 saturated heterocycles. The highest BCUT2D eigenvalue weighted by molar-refractivity contribution is 9.10. The Morgan fingerprint density at radius 2 is 1.80 bits per heavy atom. The number of rotatable bonds is 7. The van der Waals surface area contributed by atoms with Gasteiger partial charge in [0.1, 0.15) is 0 Å². The summed E-state index contributed by atoms with van der Waals surface area (Å²) < 4.78 is 11.3. The van der Waals surface area contributed by atoms with Crippen molar-refractivity contribution in [1.82, 2.24) is 4.98 Å². The number of aromatic nitrogens is 1. The van der Waals surface area contributed by atoms with Crippen LogP contribution in [0.4, 0.5) is 5.69 Å². The van der Waals surface area contributed by atoms with Gasteiger partial charge in [-0.25, -0.2) is 0 Å². The van der Waals surface area contributed by atoms with Crippen molar-refractivity contribution in [2.24, 2.45) is 0 Å². The number of hydrogen-bond donors (Lipinski definition) is 1. The van der Waals surface area contributed by atoms with Crippen LogP contribution in [0.25, 0.3) is 28.1 Å². The fraction of sp³-hybridized carbons (Fsp3) is 0.0769. The molecule has 8 nitrogen and oxygen atoms in total. The molecule has 1 N–H and O–H groups in total. The average Bonchev–Trinajstić information content (AvgIpc) is 2.86. The molecule has 4 aromatic rings. The zero-order valence-corrected chi connectivity index (χ0v) is 20.3. The third-order valence-corrected chi connectivity index (χ3v) is 5.99. The summed E-state index contributed by atoms with van der Waals surface area (Å²) in [5, 5.41) is 11.8. The standard InChI is InChI=1S/C26H19BrN2O6/c1-34-22-13-15(12-19(27)25(22)35-2)8-11-21(30)24-23(16-6-4-3-5-7-16)18-14-17(29(32)33)9-10-20(18)28-26(24)31/h3-14H,1-2H3,(H,28,31)/b11-8+. The van der Waals surface area contributed by atoms with E-state index < -0.39 is 16.3 Å². The molecular weight excluding hydrogens is 516 g/mol. The Morgan fingerprint density at radius 3 is 2.46 bits per heavy atom. The van der Waals surface area contributed by atoms with Crippen LogP contribution in [0, 0.1) is 10.1 Å². The number of ether oxygens (including phenoxy) is 2. The number of pyridine rings is 1. The highest BCUT2D eigenvalue weighted by Crippen LogP contribution is 2.37. The lowest BCUT2D eigenvalue weighted by atomic mass is 9.93. The number of fused-ring (bicyclic) bond motifs is 1. The van der Waals surface area contributed by atoms with Gasteiger partial charge in [0.25, 0.3) is 11.2 Å². The molecule has 4 rings (SSSR count). The van der Waals surface area contributed by atoms with Crippen LogP contribution in [0.15, 0.2) is 76.0 Å². The minimum atomic E-state index is -0.589. The van der Waals surface area contributed by atoms with Crippen molar-refractivity contribution < 1.29 is 19.2 Å². The van der Waals surface area contributed by atoms with Crippen LogP contribution in [0.2, 0.25) is 0 Å². The summed E-state index contributed by atoms with van der Waals surface area (Å²) in [6.07, 6.45) is 2.84. The molecule has 176 valence electrons. The lowest BCUT2D eigenvalue weighted by molar-refractivity contribution is -0.384. The fourth-order valence-corrected chi connectivity index (χ4v) is 4.45. The molecule has 3 aromatic carbocycles. The van der Waals surface area contributed by atoms with Crippen molar-refractivity contribution >= 4 is 44.4 Å². The van der Waals surface area contributed by atoms with Crippen LogP contribution in [-0.2, 0) is 0 Å². The first-order chi connectivity index (χ1) is 16.8.